The van der Waals surface area contributed by atoms with E-state index in [1.54, 1.807) is 6.08 Å². The van der Waals surface area contributed by atoms with Gasteiger partial charge in [-0.1, -0.05) is 0 Å². The largest absolute Gasteiger partial charge is 0.485 e. The van der Waals surface area contributed by atoms with Gasteiger partial charge in [0.15, 0.2) is 11.9 Å². The van der Waals surface area contributed by atoms with Gasteiger partial charge in [0.2, 0.25) is 0 Å². The first-order chi connectivity index (χ1) is 4.33. The van der Waals surface area contributed by atoms with Crippen LogP contribution < -0.4 is 0 Å². The zero-order chi connectivity index (χ0) is 6.74. The first kappa shape index (κ1) is 6.29. The van der Waals surface area contributed by atoms with E-state index in [-0.39, 0.29) is 6.61 Å². The van der Waals surface area contributed by atoms with Crippen LogP contribution in [0.3, 0.4) is 0 Å². The third-order valence-corrected chi connectivity index (χ3v) is 1.34. The van der Waals surface area contributed by atoms with Crippen LogP contribution in [0.15, 0.2) is 12.3 Å². The van der Waals surface area contributed by atoms with Crippen molar-refractivity contribution in [2.45, 2.75) is 12.0 Å². The second-order valence-electron chi connectivity index (χ2n) is 2.03. The lowest BCUT2D eigenvalue weighted by molar-refractivity contribution is -0.126. The van der Waals surface area contributed by atoms with Gasteiger partial charge in [-0.2, -0.15) is 0 Å². The second-order valence-corrected chi connectivity index (χ2v) is 2.03. The Hall–Kier alpha value is -0.830. The number of hydrogen-bond acceptors (Lipinski definition) is 3. The number of rotatable bonds is 2. The zero-order valence-corrected chi connectivity index (χ0v) is 4.91. The summed E-state index contributed by atoms with van der Waals surface area (Å²) in [5.41, 5.74) is -0.958. The topological polar surface area (TPSA) is 46.5 Å². The van der Waals surface area contributed by atoms with Crippen molar-refractivity contribution in [2.75, 3.05) is 6.61 Å². The van der Waals surface area contributed by atoms with Crippen LogP contribution in [0, 0.1) is 0 Å². The summed E-state index contributed by atoms with van der Waals surface area (Å²) in [7, 11) is 0. The van der Waals surface area contributed by atoms with Crippen molar-refractivity contribution in [1.82, 2.24) is 0 Å². The molecule has 0 bridgehead atoms. The van der Waals surface area contributed by atoms with Crippen molar-refractivity contribution in [2.24, 2.45) is 0 Å². The van der Waals surface area contributed by atoms with Crippen LogP contribution in [-0.4, -0.2) is 23.6 Å². The van der Waals surface area contributed by atoms with E-state index in [2.05, 4.69) is 0 Å². The third-order valence-electron chi connectivity index (χ3n) is 1.34. The molecule has 3 nitrogen and oxygen atoms in total. The van der Waals surface area contributed by atoms with Crippen molar-refractivity contribution in [1.29, 1.82) is 0 Å². The summed E-state index contributed by atoms with van der Waals surface area (Å²) in [5, 5.41) is 8.62. The Bertz CT molecular complexity index is 131. The molecule has 0 radical (unpaired) electrons. The number of carbonyl (C=O) groups is 1. The van der Waals surface area contributed by atoms with Gasteiger partial charge in [0.25, 0.3) is 0 Å². The van der Waals surface area contributed by atoms with Crippen LogP contribution in [0.1, 0.15) is 6.42 Å². The molecule has 1 aliphatic rings. The minimum absolute atomic E-state index is 0.247. The highest BCUT2D eigenvalue weighted by atomic mass is 16.5. The van der Waals surface area contributed by atoms with Crippen LogP contribution >= 0.6 is 0 Å². The predicted molar refractivity (Wildman–Crippen MR) is 30.7 cm³/mol. The number of hydrogen-bond donors (Lipinski definition) is 1. The summed E-state index contributed by atoms with van der Waals surface area (Å²) in [6.07, 6.45) is 4.26. The summed E-state index contributed by atoms with van der Waals surface area (Å²) in [6.45, 7) is -0.247. The molecule has 9 heavy (non-hydrogen) atoms. The lowest BCUT2D eigenvalue weighted by Crippen LogP contribution is -2.33. The first-order valence-electron chi connectivity index (χ1n) is 2.73. The molecule has 0 fully saturated rings. The van der Waals surface area contributed by atoms with E-state index in [9.17, 15) is 4.79 Å². The maximum atomic E-state index is 10.2. The van der Waals surface area contributed by atoms with E-state index in [0.717, 1.165) is 0 Å². The molecule has 1 heterocycles. The smallest absolute Gasteiger partial charge is 0.189 e. The molecule has 1 N–H and O–H groups in total. The summed E-state index contributed by atoms with van der Waals surface area (Å²) < 4.78 is 4.84. The molecule has 1 rings (SSSR count). The van der Waals surface area contributed by atoms with E-state index in [1.165, 1.54) is 6.26 Å². The quantitative estimate of drug-likeness (QED) is 0.526. The molecule has 0 saturated carbocycles. The Morgan fingerprint density at radius 2 is 2.67 bits per heavy atom. The molecule has 0 aromatic carbocycles. The minimum Gasteiger partial charge on any atom is -0.485 e. The van der Waals surface area contributed by atoms with Gasteiger partial charge < -0.3 is 9.84 Å². The Labute approximate surface area is 52.9 Å². The molecule has 0 spiro atoms. The SMILES string of the molecule is O=CC1(CO)CC=CO1. The van der Waals surface area contributed by atoms with Crippen LogP contribution in [0.4, 0.5) is 0 Å². The molecule has 3 heteroatoms. The van der Waals surface area contributed by atoms with Gasteiger partial charge in [0, 0.05) is 6.42 Å². The number of ether oxygens (including phenoxy) is 1. The fraction of sp³-hybridized carbons (Fsp3) is 0.500. The predicted octanol–water partition coefficient (Wildman–Crippen LogP) is -0.150. The standard InChI is InChI=1S/C6H8O3/c7-4-6(5-8)2-1-3-9-6/h1,3-4,8H,2,5H2. The molecule has 0 aromatic rings. The molecule has 1 atom stereocenters. The highest BCUT2D eigenvalue weighted by molar-refractivity contribution is 5.64. The molecule has 0 aromatic heterocycles. The Morgan fingerprint density at radius 3 is 2.89 bits per heavy atom. The number of aliphatic hydroxyl groups excluding tert-OH is 1. The molecular weight excluding hydrogens is 120 g/mol. The van der Waals surface area contributed by atoms with Gasteiger partial charge in [-0.15, -0.1) is 0 Å². The maximum absolute atomic E-state index is 10.2. The van der Waals surface area contributed by atoms with E-state index in [4.69, 9.17) is 9.84 Å². The average Bonchev–Trinajstić information content (AvgIpc) is 2.36. The van der Waals surface area contributed by atoms with Crippen LogP contribution in [0.5, 0.6) is 0 Å². The van der Waals surface area contributed by atoms with Crippen LogP contribution in [0.2, 0.25) is 0 Å². The molecule has 0 amide bonds. The molecule has 0 saturated heterocycles. The number of aliphatic hydroxyl groups is 1. The van der Waals surface area contributed by atoms with E-state index in [0.29, 0.717) is 12.7 Å². The summed E-state index contributed by atoms with van der Waals surface area (Å²) in [5.74, 6) is 0. The van der Waals surface area contributed by atoms with Crippen molar-refractivity contribution < 1.29 is 14.6 Å². The van der Waals surface area contributed by atoms with Crippen molar-refractivity contribution in [3.63, 3.8) is 0 Å². The molecule has 50 valence electrons. The fourth-order valence-electron chi connectivity index (χ4n) is 0.694. The number of aldehydes is 1. The van der Waals surface area contributed by atoms with Crippen LogP contribution in [-0.2, 0) is 9.53 Å². The molecular formula is C6H8O3. The van der Waals surface area contributed by atoms with Crippen molar-refractivity contribution >= 4 is 6.29 Å². The van der Waals surface area contributed by atoms with Crippen LogP contribution in [0.25, 0.3) is 0 Å². The maximum Gasteiger partial charge on any atom is 0.189 e. The molecule has 1 unspecified atom stereocenters. The highest BCUT2D eigenvalue weighted by Gasteiger charge is 2.31. The van der Waals surface area contributed by atoms with Crippen molar-refractivity contribution in [3.05, 3.63) is 12.3 Å². The van der Waals surface area contributed by atoms with Gasteiger partial charge in [-0.05, 0) is 6.08 Å². The highest BCUT2D eigenvalue weighted by Crippen LogP contribution is 2.19. The summed E-state index contributed by atoms with van der Waals surface area (Å²) >= 11 is 0. The van der Waals surface area contributed by atoms with E-state index >= 15 is 0 Å². The molecule has 1 aliphatic heterocycles. The Balaban J connectivity index is 2.60. The van der Waals surface area contributed by atoms with Crippen molar-refractivity contribution in [3.8, 4) is 0 Å². The lowest BCUT2D eigenvalue weighted by Gasteiger charge is -2.17. The second kappa shape index (κ2) is 2.19. The minimum atomic E-state index is -0.958. The third kappa shape index (κ3) is 0.954. The van der Waals surface area contributed by atoms with Gasteiger partial charge >= 0.3 is 0 Å². The zero-order valence-electron chi connectivity index (χ0n) is 4.91. The Kier molecular flexibility index (Phi) is 1.53. The van der Waals surface area contributed by atoms with Gasteiger partial charge in [-0.3, -0.25) is 4.79 Å². The van der Waals surface area contributed by atoms with Gasteiger partial charge in [-0.25, -0.2) is 0 Å². The molecule has 0 aliphatic carbocycles. The number of carbonyl (C=O) groups excluding carboxylic acids is 1. The van der Waals surface area contributed by atoms with Gasteiger partial charge in [0.05, 0.1) is 12.9 Å². The fourth-order valence-corrected chi connectivity index (χ4v) is 0.694. The van der Waals surface area contributed by atoms with Gasteiger partial charge in [0.1, 0.15) is 0 Å². The van der Waals surface area contributed by atoms with E-state index < -0.39 is 5.60 Å². The Morgan fingerprint density at radius 1 is 1.89 bits per heavy atom. The first-order valence-corrected chi connectivity index (χ1v) is 2.73. The summed E-state index contributed by atoms with van der Waals surface area (Å²) in [6, 6.07) is 0. The van der Waals surface area contributed by atoms with E-state index in [1.807, 2.05) is 0 Å². The normalized spacial score (nSPS) is 32.1. The average molecular weight is 128 g/mol. The lowest BCUT2D eigenvalue weighted by atomic mass is 10.1. The summed E-state index contributed by atoms with van der Waals surface area (Å²) in [4.78, 5) is 10.2. The monoisotopic (exact) mass is 128 g/mol.